The summed E-state index contributed by atoms with van der Waals surface area (Å²) in [6, 6.07) is 7.92. The molecule has 0 bridgehead atoms. The van der Waals surface area contributed by atoms with Gasteiger partial charge in [0.15, 0.2) is 11.2 Å². The first-order chi connectivity index (χ1) is 14.4. The minimum atomic E-state index is -0.403. The molecule has 2 atom stereocenters. The molecule has 1 aliphatic rings. The van der Waals surface area contributed by atoms with E-state index < -0.39 is 5.69 Å². The number of imidazole rings is 1. The minimum absolute atomic E-state index is 0.0993. The average molecular weight is 408 g/mol. The molecule has 0 amide bonds. The molecule has 9 heteroatoms. The predicted molar refractivity (Wildman–Crippen MR) is 115 cm³/mol. The van der Waals surface area contributed by atoms with Crippen molar-refractivity contribution in [1.82, 2.24) is 23.7 Å². The lowest BCUT2D eigenvalue weighted by atomic mass is 10.1. The Bertz CT molecular complexity index is 1380. The molecule has 156 valence electrons. The largest absolute Gasteiger partial charge is 0.393 e. The Balaban J connectivity index is 1.58. The van der Waals surface area contributed by atoms with E-state index in [0.717, 1.165) is 29.3 Å². The lowest BCUT2D eigenvalue weighted by Crippen LogP contribution is -2.39. The molecule has 0 aliphatic heterocycles. The number of hydrogen-bond acceptors (Lipinski definition) is 5. The minimum Gasteiger partial charge on any atom is -0.393 e. The van der Waals surface area contributed by atoms with Crippen LogP contribution in [-0.4, -0.2) is 40.9 Å². The summed E-state index contributed by atoms with van der Waals surface area (Å²) in [5.74, 6) is 0.529. The maximum atomic E-state index is 13.3. The van der Waals surface area contributed by atoms with Crippen LogP contribution in [-0.2, 0) is 20.6 Å². The maximum Gasteiger partial charge on any atom is 0.332 e. The number of benzene rings is 1. The van der Waals surface area contributed by atoms with Gasteiger partial charge in [-0.3, -0.25) is 13.9 Å². The van der Waals surface area contributed by atoms with Gasteiger partial charge in [0.2, 0.25) is 5.95 Å². The van der Waals surface area contributed by atoms with Gasteiger partial charge in [0.05, 0.1) is 12.6 Å². The monoisotopic (exact) mass is 408 g/mol. The van der Waals surface area contributed by atoms with Gasteiger partial charge in [-0.2, -0.15) is 4.98 Å². The van der Waals surface area contributed by atoms with Crippen molar-refractivity contribution in [2.75, 3.05) is 5.32 Å². The molecule has 0 radical (unpaired) electrons. The van der Waals surface area contributed by atoms with Crippen LogP contribution in [0.4, 0.5) is 5.95 Å². The highest BCUT2D eigenvalue weighted by Gasteiger charge is 2.25. The van der Waals surface area contributed by atoms with Crippen molar-refractivity contribution in [3.63, 3.8) is 0 Å². The van der Waals surface area contributed by atoms with E-state index in [1.807, 2.05) is 30.5 Å². The summed E-state index contributed by atoms with van der Waals surface area (Å²) in [4.78, 5) is 33.9. The number of H-pyrrole nitrogens is 1. The van der Waals surface area contributed by atoms with E-state index in [9.17, 15) is 14.7 Å². The third-order valence-corrected chi connectivity index (χ3v) is 6.06. The fourth-order valence-corrected chi connectivity index (χ4v) is 4.36. The van der Waals surface area contributed by atoms with Gasteiger partial charge in [0, 0.05) is 31.9 Å². The second-order valence-electron chi connectivity index (χ2n) is 8.11. The van der Waals surface area contributed by atoms with Crippen molar-refractivity contribution in [3.8, 4) is 0 Å². The van der Waals surface area contributed by atoms with Crippen molar-refractivity contribution in [3.05, 3.63) is 56.9 Å². The fraction of sp³-hybridized carbons (Fsp3) is 0.381. The molecule has 0 unspecified atom stereocenters. The van der Waals surface area contributed by atoms with Crippen LogP contribution in [0.5, 0.6) is 0 Å². The van der Waals surface area contributed by atoms with Crippen molar-refractivity contribution in [2.45, 2.75) is 38.0 Å². The van der Waals surface area contributed by atoms with Crippen molar-refractivity contribution < 1.29 is 5.11 Å². The number of nitrogens with zero attached hydrogens (tertiary/aromatic N) is 4. The Morgan fingerprint density at radius 2 is 2.03 bits per heavy atom. The van der Waals surface area contributed by atoms with Crippen molar-refractivity contribution >= 4 is 28.0 Å². The van der Waals surface area contributed by atoms with E-state index in [4.69, 9.17) is 0 Å². The molecule has 1 fully saturated rings. The van der Waals surface area contributed by atoms with Crippen LogP contribution in [0.25, 0.3) is 22.1 Å². The molecule has 0 saturated heterocycles. The molecule has 3 aromatic heterocycles. The normalized spacial score (nSPS) is 19.2. The lowest BCUT2D eigenvalue weighted by Gasteiger charge is -2.12. The third kappa shape index (κ3) is 2.93. The molecule has 3 N–H and O–H groups in total. The molecule has 1 aromatic carbocycles. The second kappa shape index (κ2) is 6.88. The zero-order valence-electron chi connectivity index (χ0n) is 16.9. The van der Waals surface area contributed by atoms with Gasteiger partial charge in [0.1, 0.15) is 0 Å². The lowest BCUT2D eigenvalue weighted by molar-refractivity contribution is 0.182. The molecule has 30 heavy (non-hydrogen) atoms. The molecule has 0 spiro atoms. The van der Waals surface area contributed by atoms with Crippen molar-refractivity contribution in [1.29, 1.82) is 0 Å². The summed E-state index contributed by atoms with van der Waals surface area (Å²) in [6.45, 7) is 0.180. The Morgan fingerprint density at radius 3 is 2.80 bits per heavy atom. The topological polar surface area (TPSA) is 110 Å². The van der Waals surface area contributed by atoms with Crippen LogP contribution < -0.4 is 16.6 Å². The van der Waals surface area contributed by atoms with E-state index in [-0.39, 0.29) is 24.2 Å². The quantitative estimate of drug-likeness (QED) is 0.471. The number of aromatic nitrogens is 5. The predicted octanol–water partition coefficient (Wildman–Crippen LogP) is 1.29. The molecule has 9 nitrogen and oxygen atoms in total. The molecule has 4 aromatic rings. The third-order valence-electron chi connectivity index (χ3n) is 6.06. The van der Waals surface area contributed by atoms with E-state index in [1.54, 1.807) is 18.7 Å². The molecule has 3 heterocycles. The van der Waals surface area contributed by atoms with Crippen LogP contribution in [0.1, 0.15) is 24.8 Å². The number of rotatable bonds is 4. The van der Waals surface area contributed by atoms with Crippen LogP contribution in [0.15, 0.2) is 40.1 Å². The van der Waals surface area contributed by atoms with E-state index in [1.165, 1.54) is 9.13 Å². The van der Waals surface area contributed by atoms with Gasteiger partial charge < -0.3 is 20.0 Å². The fourth-order valence-electron chi connectivity index (χ4n) is 4.36. The first kappa shape index (κ1) is 18.7. The molecule has 1 saturated carbocycles. The average Bonchev–Trinajstić information content (AvgIpc) is 3.43. The summed E-state index contributed by atoms with van der Waals surface area (Å²) in [7, 11) is 3.40. The first-order valence-electron chi connectivity index (χ1n) is 10.1. The Morgan fingerprint density at radius 1 is 1.20 bits per heavy atom. The maximum absolute atomic E-state index is 13.3. The standard InChI is InChI=1S/C21H24N6O3/c1-25-17-18(24-20(25)23-14-5-6-15(28)10-14)26(2)21(30)27(19(17)29)11-12-3-4-13-7-8-22-16(13)9-12/h3-4,7-9,14-15,22,28H,5-6,10-11H2,1-2H3,(H,23,24)/t14-,15+/m0/s1. The Kier molecular flexibility index (Phi) is 4.28. The molecule has 5 rings (SSSR count). The smallest absolute Gasteiger partial charge is 0.332 e. The van der Waals surface area contributed by atoms with Gasteiger partial charge in [-0.25, -0.2) is 4.79 Å². The van der Waals surface area contributed by atoms with E-state index in [0.29, 0.717) is 23.5 Å². The van der Waals surface area contributed by atoms with Gasteiger partial charge in [-0.05, 0) is 42.3 Å². The zero-order chi connectivity index (χ0) is 21.0. The second-order valence-corrected chi connectivity index (χ2v) is 8.11. The summed E-state index contributed by atoms with van der Waals surface area (Å²) in [6.07, 6.45) is 3.79. The summed E-state index contributed by atoms with van der Waals surface area (Å²) in [5.41, 5.74) is 1.78. The van der Waals surface area contributed by atoms with Crippen LogP contribution >= 0.6 is 0 Å². The number of aryl methyl sites for hydroxylation is 2. The van der Waals surface area contributed by atoms with Crippen LogP contribution in [0, 0.1) is 0 Å². The summed E-state index contributed by atoms with van der Waals surface area (Å²) in [5, 5.41) is 14.2. The van der Waals surface area contributed by atoms with Crippen LogP contribution in [0.3, 0.4) is 0 Å². The number of aromatic amines is 1. The molecular weight excluding hydrogens is 384 g/mol. The van der Waals surface area contributed by atoms with Crippen molar-refractivity contribution in [2.24, 2.45) is 14.1 Å². The van der Waals surface area contributed by atoms with Gasteiger partial charge in [-0.1, -0.05) is 12.1 Å². The first-order valence-corrected chi connectivity index (χ1v) is 10.1. The molecular formula is C21H24N6O3. The number of fused-ring (bicyclic) bond motifs is 2. The van der Waals surface area contributed by atoms with Gasteiger partial charge in [0.25, 0.3) is 5.56 Å². The number of nitrogens with one attached hydrogen (secondary N) is 2. The Hall–Kier alpha value is -3.33. The number of aliphatic hydroxyl groups excluding tert-OH is 1. The highest BCUT2D eigenvalue weighted by molar-refractivity contribution is 5.80. The highest BCUT2D eigenvalue weighted by atomic mass is 16.3. The van der Waals surface area contributed by atoms with E-state index >= 15 is 0 Å². The number of hydrogen-bond donors (Lipinski definition) is 3. The number of aliphatic hydroxyl groups is 1. The SMILES string of the molecule is Cn1c(N[C@H]2CC[C@@H](O)C2)nc2c1c(=O)n(Cc1ccc3cc[nH]c3c1)c(=O)n2C. The summed E-state index contributed by atoms with van der Waals surface area (Å²) >= 11 is 0. The van der Waals surface area contributed by atoms with Gasteiger partial charge in [-0.15, -0.1) is 0 Å². The highest BCUT2D eigenvalue weighted by Crippen LogP contribution is 2.23. The van der Waals surface area contributed by atoms with E-state index in [2.05, 4.69) is 15.3 Å². The zero-order valence-corrected chi connectivity index (χ0v) is 16.9. The summed E-state index contributed by atoms with van der Waals surface area (Å²) < 4.78 is 4.36. The number of anilines is 1. The van der Waals surface area contributed by atoms with Gasteiger partial charge >= 0.3 is 5.69 Å². The van der Waals surface area contributed by atoms with Crippen LogP contribution in [0.2, 0.25) is 0 Å². The Labute approximate surface area is 171 Å². The molecule has 1 aliphatic carbocycles.